The maximum absolute atomic E-state index is 12.1. The third kappa shape index (κ3) is 3.05. The standard InChI is InChI=1S/C13H20N6O/c20-13(15-5-8-19-6-3-14-4-7-19)10-1-2-11-12(9-10)17-18-16-11/h9,14H,1-8H2,(H,15,20)(H,16,17,18). The van der Waals surface area contributed by atoms with Crippen LogP contribution in [0.4, 0.5) is 0 Å². The van der Waals surface area contributed by atoms with Gasteiger partial charge in [0.25, 0.3) is 0 Å². The number of nitrogens with zero attached hydrogens (tertiary/aromatic N) is 3. The monoisotopic (exact) mass is 276 g/mol. The molecule has 0 radical (unpaired) electrons. The van der Waals surface area contributed by atoms with Crippen molar-refractivity contribution in [2.45, 2.75) is 12.8 Å². The minimum atomic E-state index is 0.0220. The molecule has 1 fully saturated rings. The number of piperazine rings is 1. The molecule has 2 heterocycles. The van der Waals surface area contributed by atoms with Crippen molar-refractivity contribution in [3.63, 3.8) is 0 Å². The average molecular weight is 276 g/mol. The van der Waals surface area contributed by atoms with Crippen LogP contribution in [0.3, 0.4) is 0 Å². The van der Waals surface area contributed by atoms with Gasteiger partial charge in [0.2, 0.25) is 5.91 Å². The number of rotatable bonds is 4. The molecule has 1 amide bonds. The Hall–Kier alpha value is -1.73. The van der Waals surface area contributed by atoms with Gasteiger partial charge in [-0.25, -0.2) is 0 Å². The van der Waals surface area contributed by atoms with Gasteiger partial charge >= 0.3 is 0 Å². The van der Waals surface area contributed by atoms with Crippen molar-refractivity contribution in [2.24, 2.45) is 0 Å². The van der Waals surface area contributed by atoms with Crippen LogP contribution in [0, 0.1) is 0 Å². The van der Waals surface area contributed by atoms with Gasteiger partial charge in [-0.05, 0) is 18.9 Å². The number of carbonyl (C=O) groups is 1. The Bertz CT molecular complexity index is 503. The first kappa shape index (κ1) is 13.3. The van der Waals surface area contributed by atoms with Crippen LogP contribution < -0.4 is 10.6 Å². The molecule has 3 rings (SSSR count). The van der Waals surface area contributed by atoms with Crippen molar-refractivity contribution < 1.29 is 4.79 Å². The number of aromatic nitrogens is 3. The van der Waals surface area contributed by atoms with Gasteiger partial charge in [0.05, 0.1) is 5.69 Å². The summed E-state index contributed by atoms with van der Waals surface area (Å²) in [5.41, 5.74) is 2.61. The van der Waals surface area contributed by atoms with E-state index in [1.165, 1.54) is 0 Å². The second-order valence-corrected chi connectivity index (χ2v) is 5.19. The highest BCUT2D eigenvalue weighted by Crippen LogP contribution is 2.19. The molecule has 1 saturated heterocycles. The van der Waals surface area contributed by atoms with Crippen molar-refractivity contribution in [3.8, 4) is 0 Å². The second-order valence-electron chi connectivity index (χ2n) is 5.19. The summed E-state index contributed by atoms with van der Waals surface area (Å²) in [4.78, 5) is 14.5. The highest BCUT2D eigenvalue weighted by molar-refractivity contribution is 5.98. The van der Waals surface area contributed by atoms with Crippen molar-refractivity contribution in [2.75, 3.05) is 39.3 Å². The molecule has 3 N–H and O–H groups in total. The van der Waals surface area contributed by atoms with E-state index in [2.05, 4.69) is 30.9 Å². The predicted molar refractivity (Wildman–Crippen MR) is 75.0 cm³/mol. The number of hydrogen-bond donors (Lipinski definition) is 3. The Balaban J connectivity index is 1.47. The molecule has 1 aromatic rings. The third-order valence-electron chi connectivity index (χ3n) is 3.82. The lowest BCUT2D eigenvalue weighted by molar-refractivity contribution is -0.117. The molecule has 108 valence electrons. The molecule has 7 nitrogen and oxygen atoms in total. The number of nitrogens with one attached hydrogen (secondary N) is 3. The largest absolute Gasteiger partial charge is 0.351 e. The highest BCUT2D eigenvalue weighted by atomic mass is 16.1. The van der Waals surface area contributed by atoms with E-state index in [-0.39, 0.29) is 5.91 Å². The lowest BCUT2D eigenvalue weighted by Gasteiger charge is -2.27. The van der Waals surface area contributed by atoms with E-state index in [1.807, 2.05) is 6.08 Å². The molecule has 0 aromatic carbocycles. The van der Waals surface area contributed by atoms with Crippen LogP contribution in [0.1, 0.15) is 17.8 Å². The van der Waals surface area contributed by atoms with Crippen LogP contribution in [0.15, 0.2) is 5.57 Å². The summed E-state index contributed by atoms with van der Waals surface area (Å²) in [6, 6.07) is 0. The fraction of sp³-hybridized carbons (Fsp3) is 0.615. The summed E-state index contributed by atoms with van der Waals surface area (Å²) in [5.74, 6) is 0.0220. The minimum Gasteiger partial charge on any atom is -0.351 e. The van der Waals surface area contributed by atoms with Crippen LogP contribution in [0.2, 0.25) is 0 Å². The lowest BCUT2D eigenvalue weighted by Crippen LogP contribution is -2.46. The van der Waals surface area contributed by atoms with Crippen LogP contribution in [-0.2, 0) is 11.2 Å². The maximum atomic E-state index is 12.1. The van der Waals surface area contributed by atoms with E-state index in [4.69, 9.17) is 0 Å². The van der Waals surface area contributed by atoms with Gasteiger partial charge < -0.3 is 10.6 Å². The molecule has 0 atom stereocenters. The Morgan fingerprint density at radius 2 is 2.20 bits per heavy atom. The van der Waals surface area contributed by atoms with E-state index >= 15 is 0 Å². The lowest BCUT2D eigenvalue weighted by atomic mass is 9.99. The highest BCUT2D eigenvalue weighted by Gasteiger charge is 2.18. The van der Waals surface area contributed by atoms with E-state index in [1.54, 1.807) is 0 Å². The minimum absolute atomic E-state index is 0.0220. The number of fused-ring (bicyclic) bond motifs is 1. The van der Waals surface area contributed by atoms with Crippen LogP contribution in [0.5, 0.6) is 0 Å². The van der Waals surface area contributed by atoms with E-state index in [0.29, 0.717) is 6.54 Å². The summed E-state index contributed by atoms with van der Waals surface area (Å²) < 4.78 is 0. The molecule has 1 aliphatic carbocycles. The molecule has 0 bridgehead atoms. The summed E-state index contributed by atoms with van der Waals surface area (Å²) in [6.07, 6.45) is 3.39. The smallest absolute Gasteiger partial charge is 0.247 e. The number of hydrogen-bond acceptors (Lipinski definition) is 5. The van der Waals surface area contributed by atoms with Crippen molar-refractivity contribution >= 4 is 12.0 Å². The molecule has 0 unspecified atom stereocenters. The Kier molecular flexibility index (Phi) is 4.08. The van der Waals surface area contributed by atoms with Gasteiger partial charge in [0.1, 0.15) is 5.69 Å². The number of aryl methyl sites for hydroxylation is 1. The summed E-state index contributed by atoms with van der Waals surface area (Å²) in [5, 5.41) is 16.9. The molecule has 1 aromatic heterocycles. The van der Waals surface area contributed by atoms with Gasteiger partial charge in [-0.1, -0.05) is 5.21 Å². The molecular formula is C13H20N6O. The zero-order chi connectivity index (χ0) is 13.8. The molecule has 1 aliphatic heterocycles. The molecule has 0 saturated carbocycles. The molecule has 2 aliphatic rings. The summed E-state index contributed by atoms with van der Waals surface area (Å²) in [7, 11) is 0. The quantitative estimate of drug-likeness (QED) is 0.667. The normalized spacial score (nSPS) is 19.3. The van der Waals surface area contributed by atoms with Gasteiger partial charge in [0.15, 0.2) is 0 Å². The van der Waals surface area contributed by atoms with Crippen LogP contribution >= 0.6 is 0 Å². The van der Waals surface area contributed by atoms with Crippen molar-refractivity contribution in [1.82, 2.24) is 30.9 Å². The topological polar surface area (TPSA) is 85.9 Å². The first-order chi connectivity index (χ1) is 9.83. The van der Waals surface area contributed by atoms with E-state index in [9.17, 15) is 4.79 Å². The van der Waals surface area contributed by atoms with Crippen molar-refractivity contribution in [3.05, 3.63) is 17.0 Å². The number of aromatic amines is 1. The van der Waals surface area contributed by atoms with E-state index in [0.717, 1.165) is 62.5 Å². The third-order valence-corrected chi connectivity index (χ3v) is 3.82. The average Bonchev–Trinajstić information content (AvgIpc) is 2.95. The van der Waals surface area contributed by atoms with Crippen LogP contribution in [0.25, 0.3) is 6.08 Å². The second kappa shape index (κ2) is 6.15. The molecule has 20 heavy (non-hydrogen) atoms. The number of H-pyrrole nitrogens is 1. The Morgan fingerprint density at radius 1 is 1.35 bits per heavy atom. The fourth-order valence-corrected chi connectivity index (χ4v) is 2.61. The fourth-order valence-electron chi connectivity index (χ4n) is 2.61. The first-order valence-corrected chi connectivity index (χ1v) is 7.15. The number of carbonyl (C=O) groups excluding carboxylic acids is 1. The Morgan fingerprint density at radius 3 is 3.05 bits per heavy atom. The molecule has 0 spiro atoms. The summed E-state index contributed by atoms with van der Waals surface area (Å²) in [6.45, 7) is 5.79. The first-order valence-electron chi connectivity index (χ1n) is 7.15. The van der Waals surface area contributed by atoms with Gasteiger partial charge in [0, 0.05) is 44.8 Å². The number of amides is 1. The molecule has 7 heteroatoms. The molecular weight excluding hydrogens is 256 g/mol. The SMILES string of the molecule is O=C(NCCN1CCNCC1)C1=Cc2nn[nH]c2CC1. The summed E-state index contributed by atoms with van der Waals surface area (Å²) >= 11 is 0. The Labute approximate surface area is 117 Å². The van der Waals surface area contributed by atoms with Crippen LogP contribution in [-0.4, -0.2) is 65.5 Å². The van der Waals surface area contributed by atoms with Gasteiger partial charge in [-0.3, -0.25) is 14.8 Å². The zero-order valence-electron chi connectivity index (χ0n) is 11.5. The van der Waals surface area contributed by atoms with E-state index < -0.39 is 0 Å². The van der Waals surface area contributed by atoms with Gasteiger partial charge in [-0.15, -0.1) is 5.10 Å². The van der Waals surface area contributed by atoms with Gasteiger partial charge in [-0.2, -0.15) is 0 Å². The predicted octanol–water partition coefficient (Wildman–Crippen LogP) is -0.844. The zero-order valence-corrected chi connectivity index (χ0v) is 11.5. The maximum Gasteiger partial charge on any atom is 0.247 e. The van der Waals surface area contributed by atoms with Crippen molar-refractivity contribution in [1.29, 1.82) is 0 Å².